The molecule has 1 fully saturated rings. The average molecular weight is 347 g/mol. The highest BCUT2D eigenvalue weighted by molar-refractivity contribution is 6.31. The van der Waals surface area contributed by atoms with Crippen LogP contribution in [-0.4, -0.2) is 34.3 Å². The third-order valence-corrected chi connectivity index (χ3v) is 5.35. The molecule has 2 heterocycles. The molecule has 0 aliphatic carbocycles. The smallest absolute Gasteiger partial charge is 0.0669 e. The highest BCUT2D eigenvalue weighted by atomic mass is 35.5. The zero-order valence-electron chi connectivity index (χ0n) is 14.8. The molecular formula is C19H27ClN4. The summed E-state index contributed by atoms with van der Waals surface area (Å²) in [4.78, 5) is 2.55. The van der Waals surface area contributed by atoms with E-state index in [1.54, 1.807) is 0 Å². The molecule has 1 saturated heterocycles. The van der Waals surface area contributed by atoms with Gasteiger partial charge in [0.15, 0.2) is 0 Å². The number of piperazine rings is 1. The second-order valence-corrected chi connectivity index (χ2v) is 6.82. The summed E-state index contributed by atoms with van der Waals surface area (Å²) in [5.41, 5.74) is 5.20. The highest BCUT2D eigenvalue weighted by Crippen LogP contribution is 2.30. The van der Waals surface area contributed by atoms with E-state index >= 15 is 0 Å². The lowest BCUT2D eigenvalue weighted by molar-refractivity contribution is 0.153. The van der Waals surface area contributed by atoms with Gasteiger partial charge in [0.05, 0.1) is 5.69 Å². The zero-order valence-corrected chi connectivity index (χ0v) is 15.6. The van der Waals surface area contributed by atoms with Crippen LogP contribution in [0.2, 0.25) is 5.02 Å². The molecule has 1 aliphatic rings. The predicted molar refractivity (Wildman–Crippen MR) is 99.4 cm³/mol. The van der Waals surface area contributed by atoms with Gasteiger partial charge in [-0.1, -0.05) is 43.6 Å². The number of nitrogens with one attached hydrogen (secondary N) is 1. The summed E-state index contributed by atoms with van der Waals surface area (Å²) in [6, 6.07) is 8.52. The van der Waals surface area contributed by atoms with Crippen molar-refractivity contribution in [1.29, 1.82) is 0 Å². The minimum atomic E-state index is 0.307. The van der Waals surface area contributed by atoms with Crippen molar-refractivity contribution in [3.05, 3.63) is 51.8 Å². The Labute approximate surface area is 149 Å². The largest absolute Gasteiger partial charge is 0.314 e. The van der Waals surface area contributed by atoms with Crippen LogP contribution in [0.3, 0.4) is 0 Å². The van der Waals surface area contributed by atoms with E-state index in [0.29, 0.717) is 6.04 Å². The second kappa shape index (κ2) is 7.68. The molecule has 0 amide bonds. The molecule has 1 unspecified atom stereocenters. The van der Waals surface area contributed by atoms with Crippen LogP contribution in [0.25, 0.3) is 0 Å². The molecule has 5 heteroatoms. The van der Waals surface area contributed by atoms with Crippen LogP contribution in [0.15, 0.2) is 24.3 Å². The number of hydrogen-bond acceptors (Lipinski definition) is 3. The minimum absolute atomic E-state index is 0.307. The molecule has 0 spiro atoms. The summed E-state index contributed by atoms with van der Waals surface area (Å²) in [6.07, 6.45) is 1.99. The van der Waals surface area contributed by atoms with Crippen molar-refractivity contribution < 1.29 is 0 Å². The maximum atomic E-state index is 6.48. The fourth-order valence-corrected chi connectivity index (χ4v) is 4.02. The third kappa shape index (κ3) is 3.37. The average Bonchev–Trinajstić information content (AvgIpc) is 2.91. The molecule has 130 valence electrons. The van der Waals surface area contributed by atoms with Gasteiger partial charge in [0, 0.05) is 55.5 Å². The Morgan fingerprint density at radius 2 is 2.04 bits per heavy atom. The SMILES string of the molecule is CCc1nn(C)c(CC)c1CN1CCNCC1c1ccccc1Cl. The van der Waals surface area contributed by atoms with Gasteiger partial charge in [-0.2, -0.15) is 5.10 Å². The first-order chi connectivity index (χ1) is 11.7. The lowest BCUT2D eigenvalue weighted by Crippen LogP contribution is -2.45. The van der Waals surface area contributed by atoms with Crippen LogP contribution < -0.4 is 5.32 Å². The number of nitrogens with zero attached hydrogens (tertiary/aromatic N) is 3. The molecule has 1 aromatic heterocycles. The summed E-state index contributed by atoms with van der Waals surface area (Å²) in [6.45, 7) is 8.32. The van der Waals surface area contributed by atoms with E-state index in [4.69, 9.17) is 16.7 Å². The number of rotatable bonds is 5. The summed E-state index contributed by atoms with van der Waals surface area (Å²) in [7, 11) is 2.06. The number of benzene rings is 1. The maximum Gasteiger partial charge on any atom is 0.0669 e. The fourth-order valence-electron chi connectivity index (χ4n) is 3.76. The number of aryl methyl sites for hydroxylation is 2. The van der Waals surface area contributed by atoms with Gasteiger partial charge in [-0.05, 0) is 24.5 Å². The quantitative estimate of drug-likeness (QED) is 0.901. The van der Waals surface area contributed by atoms with Gasteiger partial charge < -0.3 is 5.32 Å². The number of aromatic nitrogens is 2. The number of hydrogen-bond donors (Lipinski definition) is 1. The lowest BCUT2D eigenvalue weighted by atomic mass is 10.0. The van der Waals surface area contributed by atoms with Gasteiger partial charge in [0.25, 0.3) is 0 Å². The highest BCUT2D eigenvalue weighted by Gasteiger charge is 2.27. The van der Waals surface area contributed by atoms with E-state index < -0.39 is 0 Å². The molecule has 0 saturated carbocycles. The van der Waals surface area contributed by atoms with E-state index in [9.17, 15) is 0 Å². The first-order valence-corrected chi connectivity index (χ1v) is 9.26. The first kappa shape index (κ1) is 17.5. The summed E-state index contributed by atoms with van der Waals surface area (Å²) >= 11 is 6.48. The van der Waals surface area contributed by atoms with Crippen molar-refractivity contribution in [3.8, 4) is 0 Å². The van der Waals surface area contributed by atoms with Crippen molar-refractivity contribution in [2.45, 2.75) is 39.3 Å². The van der Waals surface area contributed by atoms with E-state index in [-0.39, 0.29) is 0 Å². The van der Waals surface area contributed by atoms with Crippen molar-refractivity contribution >= 4 is 11.6 Å². The van der Waals surface area contributed by atoms with Crippen molar-refractivity contribution in [3.63, 3.8) is 0 Å². The number of halogens is 1. The van der Waals surface area contributed by atoms with E-state index in [2.05, 4.69) is 47.9 Å². The van der Waals surface area contributed by atoms with E-state index in [1.807, 2.05) is 12.1 Å². The normalized spacial score (nSPS) is 18.9. The molecule has 1 N–H and O–H groups in total. The molecule has 1 atom stereocenters. The second-order valence-electron chi connectivity index (χ2n) is 6.41. The van der Waals surface area contributed by atoms with Crippen molar-refractivity contribution in [2.75, 3.05) is 19.6 Å². The molecule has 2 aromatic rings. The van der Waals surface area contributed by atoms with Crippen LogP contribution in [0.1, 0.15) is 42.4 Å². The first-order valence-electron chi connectivity index (χ1n) is 8.88. The Kier molecular flexibility index (Phi) is 5.59. The van der Waals surface area contributed by atoms with Crippen LogP contribution >= 0.6 is 11.6 Å². The monoisotopic (exact) mass is 346 g/mol. The van der Waals surface area contributed by atoms with Crippen molar-refractivity contribution in [1.82, 2.24) is 20.0 Å². The Morgan fingerprint density at radius 3 is 2.75 bits per heavy atom. The Hall–Kier alpha value is -1.36. The third-order valence-electron chi connectivity index (χ3n) is 5.01. The molecule has 24 heavy (non-hydrogen) atoms. The standard InChI is InChI=1S/C19H27ClN4/c1-4-17-15(18(5-2)23(3)22-17)13-24-11-10-21-12-19(24)14-8-6-7-9-16(14)20/h6-9,19,21H,4-5,10-13H2,1-3H3. The van der Waals surface area contributed by atoms with Crippen LogP contribution in [0.4, 0.5) is 0 Å². The van der Waals surface area contributed by atoms with Crippen molar-refractivity contribution in [2.24, 2.45) is 7.05 Å². The molecule has 1 aliphatic heterocycles. The molecule has 0 radical (unpaired) electrons. The van der Waals surface area contributed by atoms with E-state index in [1.165, 1.54) is 22.5 Å². The van der Waals surface area contributed by atoms with Gasteiger partial charge in [-0.25, -0.2) is 0 Å². The van der Waals surface area contributed by atoms with Gasteiger partial charge in [-0.3, -0.25) is 9.58 Å². The van der Waals surface area contributed by atoms with Gasteiger partial charge in [0.1, 0.15) is 0 Å². The summed E-state index contributed by atoms with van der Waals surface area (Å²) in [5.74, 6) is 0. The molecular weight excluding hydrogens is 320 g/mol. The Bertz CT molecular complexity index is 695. The topological polar surface area (TPSA) is 33.1 Å². The minimum Gasteiger partial charge on any atom is -0.314 e. The Morgan fingerprint density at radius 1 is 1.25 bits per heavy atom. The van der Waals surface area contributed by atoms with Gasteiger partial charge >= 0.3 is 0 Å². The molecule has 1 aromatic carbocycles. The molecule has 0 bridgehead atoms. The molecule has 3 rings (SSSR count). The fraction of sp³-hybridized carbons (Fsp3) is 0.526. The van der Waals surface area contributed by atoms with Gasteiger partial charge in [-0.15, -0.1) is 0 Å². The molecule has 4 nitrogen and oxygen atoms in total. The summed E-state index contributed by atoms with van der Waals surface area (Å²) < 4.78 is 2.06. The maximum absolute atomic E-state index is 6.48. The zero-order chi connectivity index (χ0) is 17.1. The van der Waals surface area contributed by atoms with Crippen LogP contribution in [0, 0.1) is 0 Å². The van der Waals surface area contributed by atoms with Gasteiger partial charge in [0.2, 0.25) is 0 Å². The van der Waals surface area contributed by atoms with Crippen LogP contribution in [-0.2, 0) is 26.4 Å². The summed E-state index contributed by atoms with van der Waals surface area (Å²) in [5, 5.41) is 9.10. The predicted octanol–water partition coefficient (Wildman–Crippen LogP) is 3.34. The van der Waals surface area contributed by atoms with Crippen LogP contribution in [0.5, 0.6) is 0 Å². The van der Waals surface area contributed by atoms with E-state index in [0.717, 1.165) is 44.0 Å². The Balaban J connectivity index is 1.92. The lowest BCUT2D eigenvalue weighted by Gasteiger charge is -2.37.